The molecule has 0 fully saturated rings. The topological polar surface area (TPSA) is 43.6 Å². The summed E-state index contributed by atoms with van der Waals surface area (Å²) in [6, 6.07) is 73.5. The Labute approximate surface area is 340 Å². The first kappa shape index (κ1) is 33.2. The number of nitrogens with zero attached hydrogens (tertiary/aromatic N) is 4. The summed E-state index contributed by atoms with van der Waals surface area (Å²) in [5, 5.41) is 12.2. The van der Waals surface area contributed by atoms with Gasteiger partial charge in [0.1, 0.15) is 0 Å². The van der Waals surface area contributed by atoms with E-state index in [2.05, 4.69) is 193 Å². The van der Waals surface area contributed by atoms with Gasteiger partial charge in [0, 0.05) is 32.8 Å². The molecule has 0 bridgehead atoms. The highest BCUT2D eigenvalue weighted by molar-refractivity contribution is 6.28. The lowest BCUT2D eigenvalue weighted by molar-refractivity contribution is 1.07. The van der Waals surface area contributed by atoms with E-state index >= 15 is 0 Å². The number of fused-ring (bicyclic) bond motifs is 9. The number of rotatable bonds is 5. The maximum atomic E-state index is 5.25. The largest absolute Gasteiger partial charge is 0.309 e. The number of aromatic nitrogens is 4. The summed E-state index contributed by atoms with van der Waals surface area (Å²) in [4.78, 5) is 15.5. The standard InChI is InChI=1S/C55H34N4/c1-2-15-39(16-3-1)53-56-54(40-25-22-36(23-26-40)42-27-24-35-12-4-5-17-41(35)32-42)58-55(57-53)44-33-43-18-8-9-19-45(43)50(34-44)59-48-30-28-37-13-6-10-20-46(37)51(48)52-47-21-11-7-14-38(47)29-31-49(52)59/h1-34H. The second kappa shape index (κ2) is 13.3. The van der Waals surface area contributed by atoms with Crippen molar-refractivity contribution in [2.24, 2.45) is 0 Å². The monoisotopic (exact) mass is 750 g/mol. The molecule has 2 heterocycles. The lowest BCUT2D eigenvalue weighted by Gasteiger charge is -2.15. The average molecular weight is 751 g/mol. The van der Waals surface area contributed by atoms with Gasteiger partial charge in [-0.15, -0.1) is 0 Å². The van der Waals surface area contributed by atoms with Crippen molar-refractivity contribution < 1.29 is 0 Å². The van der Waals surface area contributed by atoms with Crippen molar-refractivity contribution >= 4 is 64.9 Å². The van der Waals surface area contributed by atoms with Gasteiger partial charge in [-0.25, -0.2) is 15.0 Å². The third-order valence-corrected chi connectivity index (χ3v) is 11.8. The Hall–Kier alpha value is -7.95. The van der Waals surface area contributed by atoms with Gasteiger partial charge in [-0.2, -0.15) is 0 Å². The molecule has 12 rings (SSSR count). The van der Waals surface area contributed by atoms with Crippen LogP contribution in [0.1, 0.15) is 0 Å². The molecule has 0 saturated heterocycles. The van der Waals surface area contributed by atoms with E-state index in [0.717, 1.165) is 49.7 Å². The first-order chi connectivity index (χ1) is 29.2. The van der Waals surface area contributed by atoms with Crippen LogP contribution in [-0.4, -0.2) is 19.5 Å². The number of hydrogen-bond acceptors (Lipinski definition) is 3. The molecule has 0 unspecified atom stereocenters. The van der Waals surface area contributed by atoms with Crippen molar-refractivity contribution in [1.29, 1.82) is 0 Å². The second-order valence-corrected chi connectivity index (χ2v) is 15.2. The van der Waals surface area contributed by atoms with E-state index in [0.29, 0.717) is 17.5 Å². The highest BCUT2D eigenvalue weighted by Gasteiger charge is 2.21. The molecule has 0 saturated carbocycles. The van der Waals surface area contributed by atoms with Crippen LogP contribution in [0.25, 0.3) is 116 Å². The van der Waals surface area contributed by atoms with Crippen LogP contribution in [0.2, 0.25) is 0 Å². The predicted octanol–water partition coefficient (Wildman–Crippen LogP) is 14.2. The van der Waals surface area contributed by atoms with Gasteiger partial charge in [-0.3, -0.25) is 0 Å². The molecule has 4 heteroatoms. The van der Waals surface area contributed by atoms with Crippen LogP contribution in [0.4, 0.5) is 0 Å². The van der Waals surface area contributed by atoms with Gasteiger partial charge in [0.25, 0.3) is 0 Å². The van der Waals surface area contributed by atoms with Crippen LogP contribution < -0.4 is 0 Å². The first-order valence-electron chi connectivity index (χ1n) is 20.0. The smallest absolute Gasteiger partial charge is 0.164 e. The van der Waals surface area contributed by atoms with Crippen LogP contribution in [0, 0.1) is 0 Å². The molecule has 0 spiro atoms. The highest BCUT2D eigenvalue weighted by Crippen LogP contribution is 2.42. The van der Waals surface area contributed by atoms with Crippen LogP contribution in [0.15, 0.2) is 206 Å². The quantitative estimate of drug-likeness (QED) is 0.176. The molecular weight excluding hydrogens is 717 g/mol. The summed E-state index contributed by atoms with van der Waals surface area (Å²) in [5.74, 6) is 1.88. The van der Waals surface area contributed by atoms with Gasteiger partial charge in [-0.1, -0.05) is 176 Å². The van der Waals surface area contributed by atoms with Crippen molar-refractivity contribution in [3.63, 3.8) is 0 Å². The van der Waals surface area contributed by atoms with Gasteiger partial charge < -0.3 is 4.57 Å². The molecule has 0 aliphatic heterocycles. The maximum Gasteiger partial charge on any atom is 0.164 e. The van der Waals surface area contributed by atoms with Crippen molar-refractivity contribution in [2.45, 2.75) is 0 Å². The predicted molar refractivity (Wildman–Crippen MR) is 246 cm³/mol. The van der Waals surface area contributed by atoms with E-state index < -0.39 is 0 Å². The molecule has 4 nitrogen and oxygen atoms in total. The fourth-order valence-electron chi connectivity index (χ4n) is 8.94. The van der Waals surface area contributed by atoms with Crippen LogP contribution in [0.5, 0.6) is 0 Å². The van der Waals surface area contributed by atoms with E-state index in [-0.39, 0.29) is 0 Å². The second-order valence-electron chi connectivity index (χ2n) is 15.2. The van der Waals surface area contributed by atoms with Gasteiger partial charge in [0.2, 0.25) is 0 Å². The molecule has 0 aliphatic carbocycles. The summed E-state index contributed by atoms with van der Waals surface area (Å²) in [6.45, 7) is 0. The molecule has 0 aliphatic rings. The Kier molecular flexibility index (Phi) is 7.50. The zero-order chi connectivity index (χ0) is 38.9. The molecule has 274 valence electrons. The Morgan fingerprint density at radius 2 is 0.712 bits per heavy atom. The Morgan fingerprint density at radius 1 is 0.271 bits per heavy atom. The van der Waals surface area contributed by atoms with Gasteiger partial charge in [0.05, 0.1) is 16.7 Å². The van der Waals surface area contributed by atoms with Gasteiger partial charge in [-0.05, 0) is 79.2 Å². The first-order valence-corrected chi connectivity index (χ1v) is 20.0. The van der Waals surface area contributed by atoms with E-state index in [9.17, 15) is 0 Å². The van der Waals surface area contributed by atoms with Crippen molar-refractivity contribution in [3.8, 4) is 51.0 Å². The lowest BCUT2D eigenvalue weighted by atomic mass is 10.00. The zero-order valence-electron chi connectivity index (χ0n) is 31.9. The summed E-state index contributed by atoms with van der Waals surface area (Å²) >= 11 is 0. The van der Waals surface area contributed by atoms with E-state index in [1.165, 1.54) is 48.7 Å². The summed E-state index contributed by atoms with van der Waals surface area (Å²) in [6.07, 6.45) is 0. The van der Waals surface area contributed by atoms with Gasteiger partial charge >= 0.3 is 0 Å². The molecular formula is C55H34N4. The summed E-state index contributed by atoms with van der Waals surface area (Å²) in [7, 11) is 0. The SMILES string of the molecule is c1ccc(-c2nc(-c3ccc(-c4ccc5ccccc5c4)cc3)nc(-c3cc(-n4c5ccc6ccccc6c5c5c6ccccc6ccc54)c4ccccc4c3)n2)cc1. The molecule has 0 amide bonds. The molecule has 2 aromatic heterocycles. The summed E-state index contributed by atoms with van der Waals surface area (Å²) < 4.78 is 2.45. The zero-order valence-corrected chi connectivity index (χ0v) is 31.9. The third kappa shape index (κ3) is 5.49. The summed E-state index contributed by atoms with van der Waals surface area (Å²) in [5.41, 5.74) is 8.49. The van der Waals surface area contributed by atoms with Crippen LogP contribution in [0.3, 0.4) is 0 Å². The molecule has 0 atom stereocenters. The highest BCUT2D eigenvalue weighted by atomic mass is 15.0. The third-order valence-electron chi connectivity index (χ3n) is 11.8. The molecule has 59 heavy (non-hydrogen) atoms. The lowest BCUT2D eigenvalue weighted by Crippen LogP contribution is -2.02. The molecule has 0 N–H and O–H groups in total. The van der Waals surface area contributed by atoms with Crippen LogP contribution >= 0.6 is 0 Å². The minimum absolute atomic E-state index is 0.621. The van der Waals surface area contributed by atoms with E-state index in [1.54, 1.807) is 0 Å². The van der Waals surface area contributed by atoms with E-state index in [4.69, 9.17) is 15.0 Å². The molecule has 10 aromatic carbocycles. The maximum absolute atomic E-state index is 5.25. The fourth-order valence-corrected chi connectivity index (χ4v) is 8.94. The van der Waals surface area contributed by atoms with Crippen molar-refractivity contribution in [1.82, 2.24) is 19.5 Å². The normalized spacial score (nSPS) is 11.7. The van der Waals surface area contributed by atoms with Gasteiger partial charge in [0.15, 0.2) is 17.5 Å². The van der Waals surface area contributed by atoms with Crippen LogP contribution in [-0.2, 0) is 0 Å². The molecule has 12 aromatic rings. The van der Waals surface area contributed by atoms with Crippen molar-refractivity contribution in [3.05, 3.63) is 206 Å². The number of benzene rings is 10. The Balaban J connectivity index is 1.08. The minimum atomic E-state index is 0.621. The Morgan fingerprint density at radius 3 is 1.36 bits per heavy atom. The Bertz CT molecular complexity index is 3510. The number of hydrogen-bond donors (Lipinski definition) is 0. The minimum Gasteiger partial charge on any atom is -0.309 e. The fraction of sp³-hybridized carbons (Fsp3) is 0. The van der Waals surface area contributed by atoms with Crippen molar-refractivity contribution in [2.75, 3.05) is 0 Å². The molecule has 0 radical (unpaired) electrons. The average Bonchev–Trinajstić information content (AvgIpc) is 3.66. The van der Waals surface area contributed by atoms with E-state index in [1.807, 2.05) is 18.2 Å².